The molecule has 2 N–H and O–H groups in total. The molecule has 0 saturated carbocycles. The first kappa shape index (κ1) is 15.4. The van der Waals surface area contributed by atoms with Gasteiger partial charge in [-0.05, 0) is 48.4 Å². The first-order valence-corrected chi connectivity index (χ1v) is 6.81. The summed E-state index contributed by atoms with van der Waals surface area (Å²) in [4.78, 5) is 11.9. The van der Waals surface area contributed by atoms with Gasteiger partial charge < -0.3 is 5.11 Å². The van der Waals surface area contributed by atoms with Gasteiger partial charge in [0.2, 0.25) is 0 Å². The minimum absolute atomic E-state index is 0.00992. The molecule has 0 radical (unpaired) electrons. The topological polar surface area (TPSA) is 61.7 Å². The standard InChI is InChI=1S/C15H12Cl2N2O2/c1-9-2-4-11(12(16)6-9)15(21)19-18-8-10-3-5-14(20)13(17)7-10/h2-8,20H,1H3,(H,19,21)/b18-8-. The number of amides is 1. The van der Waals surface area contributed by atoms with Gasteiger partial charge in [-0.1, -0.05) is 29.3 Å². The van der Waals surface area contributed by atoms with Crippen molar-refractivity contribution in [1.29, 1.82) is 0 Å². The van der Waals surface area contributed by atoms with E-state index in [1.807, 2.05) is 6.92 Å². The molecule has 6 heteroatoms. The van der Waals surface area contributed by atoms with Crippen molar-refractivity contribution in [2.24, 2.45) is 5.10 Å². The number of aryl methyl sites for hydroxylation is 1. The highest BCUT2D eigenvalue weighted by atomic mass is 35.5. The van der Waals surface area contributed by atoms with Crippen molar-refractivity contribution < 1.29 is 9.90 Å². The van der Waals surface area contributed by atoms with Crippen LogP contribution in [-0.2, 0) is 0 Å². The molecule has 0 fully saturated rings. The Labute approximate surface area is 132 Å². The van der Waals surface area contributed by atoms with Crippen LogP contribution in [0.3, 0.4) is 0 Å². The van der Waals surface area contributed by atoms with Crippen LogP contribution in [0.5, 0.6) is 5.75 Å². The molecular formula is C15H12Cl2N2O2. The van der Waals surface area contributed by atoms with Crippen molar-refractivity contribution >= 4 is 35.3 Å². The van der Waals surface area contributed by atoms with Crippen molar-refractivity contribution in [2.75, 3.05) is 0 Å². The molecule has 0 aliphatic rings. The molecule has 2 aromatic rings. The molecule has 0 atom stereocenters. The van der Waals surface area contributed by atoms with Gasteiger partial charge in [0.1, 0.15) is 5.75 Å². The van der Waals surface area contributed by atoms with Gasteiger partial charge in [0.25, 0.3) is 5.91 Å². The number of rotatable bonds is 3. The average Bonchev–Trinajstić information content (AvgIpc) is 2.42. The highest BCUT2D eigenvalue weighted by molar-refractivity contribution is 6.34. The molecule has 0 aliphatic carbocycles. The van der Waals surface area contributed by atoms with Gasteiger partial charge >= 0.3 is 0 Å². The lowest BCUT2D eigenvalue weighted by Crippen LogP contribution is -2.18. The van der Waals surface area contributed by atoms with Crippen LogP contribution in [0.2, 0.25) is 10.0 Å². The molecule has 21 heavy (non-hydrogen) atoms. The highest BCUT2D eigenvalue weighted by Gasteiger charge is 2.09. The Hall–Kier alpha value is -2.04. The molecule has 0 aromatic heterocycles. The second kappa shape index (κ2) is 6.61. The van der Waals surface area contributed by atoms with E-state index in [1.54, 1.807) is 24.3 Å². The van der Waals surface area contributed by atoms with Crippen LogP contribution in [0.15, 0.2) is 41.5 Å². The van der Waals surface area contributed by atoms with Crippen LogP contribution in [-0.4, -0.2) is 17.2 Å². The van der Waals surface area contributed by atoms with E-state index >= 15 is 0 Å². The summed E-state index contributed by atoms with van der Waals surface area (Å²) >= 11 is 11.8. The number of phenolic OH excluding ortho intramolecular Hbond substituents is 1. The second-order valence-electron chi connectivity index (χ2n) is 4.39. The zero-order valence-corrected chi connectivity index (χ0v) is 12.6. The number of hydrazone groups is 1. The van der Waals surface area contributed by atoms with Crippen molar-refractivity contribution in [3.63, 3.8) is 0 Å². The maximum absolute atomic E-state index is 11.9. The van der Waals surface area contributed by atoms with Crippen molar-refractivity contribution in [3.8, 4) is 5.75 Å². The second-order valence-corrected chi connectivity index (χ2v) is 5.21. The van der Waals surface area contributed by atoms with Gasteiger partial charge in [-0.15, -0.1) is 0 Å². The molecule has 0 bridgehead atoms. The van der Waals surface area contributed by atoms with Crippen LogP contribution >= 0.6 is 23.2 Å². The lowest BCUT2D eigenvalue weighted by molar-refractivity contribution is 0.0955. The molecule has 0 heterocycles. The minimum Gasteiger partial charge on any atom is -0.506 e. The molecule has 0 saturated heterocycles. The number of carbonyl (C=O) groups is 1. The van der Waals surface area contributed by atoms with Crippen LogP contribution in [0, 0.1) is 6.92 Å². The molecule has 0 unspecified atom stereocenters. The number of phenols is 1. The largest absolute Gasteiger partial charge is 0.506 e. The number of hydrogen-bond acceptors (Lipinski definition) is 3. The number of halogens is 2. The number of carbonyl (C=O) groups excluding carboxylic acids is 1. The maximum atomic E-state index is 11.9. The van der Waals surface area contributed by atoms with E-state index in [1.165, 1.54) is 18.3 Å². The molecule has 2 rings (SSSR count). The number of nitrogens with zero attached hydrogens (tertiary/aromatic N) is 1. The van der Waals surface area contributed by atoms with E-state index in [0.717, 1.165) is 5.56 Å². The van der Waals surface area contributed by atoms with E-state index in [0.29, 0.717) is 16.1 Å². The van der Waals surface area contributed by atoms with Crippen LogP contribution in [0.1, 0.15) is 21.5 Å². The summed E-state index contributed by atoms with van der Waals surface area (Å²) in [5.74, 6) is -0.412. The molecule has 108 valence electrons. The number of hydrogen-bond donors (Lipinski definition) is 2. The van der Waals surface area contributed by atoms with Gasteiger partial charge in [-0.3, -0.25) is 4.79 Å². The van der Waals surface area contributed by atoms with Crippen LogP contribution < -0.4 is 5.43 Å². The fourth-order valence-corrected chi connectivity index (χ4v) is 2.14. The van der Waals surface area contributed by atoms with Crippen molar-refractivity contribution in [2.45, 2.75) is 6.92 Å². The molecular weight excluding hydrogens is 311 g/mol. The fourth-order valence-electron chi connectivity index (χ4n) is 1.63. The third kappa shape index (κ3) is 3.97. The summed E-state index contributed by atoms with van der Waals surface area (Å²) in [6.07, 6.45) is 1.42. The Morgan fingerprint density at radius 2 is 1.95 bits per heavy atom. The molecule has 2 aromatic carbocycles. The summed E-state index contributed by atoms with van der Waals surface area (Å²) in [6.45, 7) is 1.89. The smallest absolute Gasteiger partial charge is 0.272 e. The van der Waals surface area contributed by atoms with Gasteiger partial charge in [-0.25, -0.2) is 5.43 Å². The Kier molecular flexibility index (Phi) is 4.83. The van der Waals surface area contributed by atoms with Gasteiger partial charge in [0.15, 0.2) is 0 Å². The molecule has 1 amide bonds. The summed E-state index contributed by atoms with van der Waals surface area (Å²) in [5.41, 5.74) is 4.35. The van der Waals surface area contributed by atoms with Crippen LogP contribution in [0.25, 0.3) is 0 Å². The van der Waals surface area contributed by atoms with E-state index in [9.17, 15) is 9.90 Å². The molecule has 0 aliphatic heterocycles. The van der Waals surface area contributed by atoms with E-state index < -0.39 is 5.91 Å². The van der Waals surface area contributed by atoms with Gasteiger partial charge in [0, 0.05) is 0 Å². The minimum atomic E-state index is -0.402. The summed E-state index contributed by atoms with van der Waals surface area (Å²) in [7, 11) is 0. The molecule has 4 nitrogen and oxygen atoms in total. The Morgan fingerprint density at radius 3 is 2.62 bits per heavy atom. The molecule has 0 spiro atoms. The first-order valence-electron chi connectivity index (χ1n) is 6.05. The fraction of sp³-hybridized carbons (Fsp3) is 0.0667. The van der Waals surface area contributed by atoms with E-state index in [4.69, 9.17) is 23.2 Å². The summed E-state index contributed by atoms with van der Waals surface area (Å²) in [6, 6.07) is 9.74. The summed E-state index contributed by atoms with van der Waals surface area (Å²) in [5, 5.41) is 13.7. The first-order chi connectivity index (χ1) is 9.97. The third-order valence-electron chi connectivity index (χ3n) is 2.72. The van der Waals surface area contributed by atoms with E-state index in [2.05, 4.69) is 10.5 Å². The number of aromatic hydroxyl groups is 1. The lowest BCUT2D eigenvalue weighted by atomic mass is 10.1. The average molecular weight is 323 g/mol. The normalized spacial score (nSPS) is 10.8. The zero-order valence-electron chi connectivity index (χ0n) is 11.1. The van der Waals surface area contributed by atoms with Gasteiger partial charge in [0.05, 0.1) is 21.8 Å². The predicted octanol–water partition coefficient (Wildman–Crippen LogP) is 3.77. The Morgan fingerprint density at radius 1 is 1.19 bits per heavy atom. The maximum Gasteiger partial charge on any atom is 0.272 e. The number of nitrogens with one attached hydrogen (secondary N) is 1. The van der Waals surface area contributed by atoms with Crippen LogP contribution in [0.4, 0.5) is 0 Å². The van der Waals surface area contributed by atoms with E-state index in [-0.39, 0.29) is 10.8 Å². The van der Waals surface area contributed by atoms with Crippen molar-refractivity contribution in [1.82, 2.24) is 5.43 Å². The van der Waals surface area contributed by atoms with Crippen molar-refractivity contribution in [3.05, 3.63) is 63.1 Å². The quantitative estimate of drug-likeness (QED) is 0.667. The van der Waals surface area contributed by atoms with Gasteiger partial charge in [-0.2, -0.15) is 5.10 Å². The predicted molar refractivity (Wildman–Crippen MR) is 84.4 cm³/mol. The third-order valence-corrected chi connectivity index (χ3v) is 3.34. The zero-order chi connectivity index (χ0) is 15.4. The highest BCUT2D eigenvalue weighted by Crippen LogP contribution is 2.22. The monoisotopic (exact) mass is 322 g/mol. The Bertz CT molecular complexity index is 715. The SMILES string of the molecule is Cc1ccc(C(=O)N/N=C\c2ccc(O)c(Cl)c2)c(Cl)c1. The summed E-state index contributed by atoms with van der Waals surface area (Å²) < 4.78 is 0. The Balaban J connectivity index is 2.06. The lowest BCUT2D eigenvalue weighted by Gasteiger charge is -2.03. The number of benzene rings is 2.